The molecule has 1 unspecified atom stereocenters. The first kappa shape index (κ1) is 12.8. The molecule has 0 aromatic heterocycles. The quantitative estimate of drug-likeness (QED) is 0.895. The van der Waals surface area contributed by atoms with Gasteiger partial charge in [-0.1, -0.05) is 30.3 Å². The number of nitrogens with zero attached hydrogens (tertiary/aromatic N) is 1. The van der Waals surface area contributed by atoms with Gasteiger partial charge >= 0.3 is 6.09 Å². The first-order valence-electron chi connectivity index (χ1n) is 5.50. The van der Waals surface area contributed by atoms with E-state index in [-0.39, 0.29) is 6.61 Å². The summed E-state index contributed by atoms with van der Waals surface area (Å²) in [4.78, 5) is 12.4. The molecule has 1 aliphatic rings. The molecule has 6 heteroatoms. The number of carbonyl (C=O) groups excluding carboxylic acids is 1. The fraction of sp³-hybridized carbons (Fsp3) is 0.417. The molecule has 1 aliphatic heterocycles. The predicted molar refractivity (Wildman–Crippen MR) is 59.2 cm³/mol. The molecule has 1 N–H and O–H groups in total. The van der Waals surface area contributed by atoms with Crippen LogP contribution in [-0.2, 0) is 11.3 Å². The Hall–Kier alpha value is -1.69. The monoisotopic (exact) mass is 257 g/mol. The van der Waals surface area contributed by atoms with Crippen molar-refractivity contribution in [3.63, 3.8) is 0 Å². The lowest BCUT2D eigenvalue weighted by molar-refractivity contribution is -0.181. The molecule has 1 aromatic carbocycles. The van der Waals surface area contributed by atoms with Gasteiger partial charge in [-0.05, 0) is 5.56 Å². The van der Waals surface area contributed by atoms with Gasteiger partial charge in [0.25, 0.3) is 5.92 Å². The van der Waals surface area contributed by atoms with Gasteiger partial charge in [-0.25, -0.2) is 13.6 Å². The second kappa shape index (κ2) is 4.89. The summed E-state index contributed by atoms with van der Waals surface area (Å²) < 4.78 is 30.8. The number of rotatable bonds is 3. The molecule has 18 heavy (non-hydrogen) atoms. The van der Waals surface area contributed by atoms with E-state index >= 15 is 0 Å². The number of amides is 1. The number of carbonyl (C=O) groups is 1. The fourth-order valence-corrected chi connectivity index (χ4v) is 1.78. The fourth-order valence-electron chi connectivity index (χ4n) is 1.78. The largest absolute Gasteiger partial charge is 0.445 e. The molecule has 0 radical (unpaired) electrons. The number of hydrogen-bond acceptors (Lipinski definition) is 3. The topological polar surface area (TPSA) is 49.8 Å². The average molecular weight is 257 g/mol. The summed E-state index contributed by atoms with van der Waals surface area (Å²) in [7, 11) is 0. The van der Waals surface area contributed by atoms with Crippen molar-refractivity contribution in [1.82, 2.24) is 4.90 Å². The molecule has 2 rings (SSSR count). The van der Waals surface area contributed by atoms with Crippen LogP contribution in [0.15, 0.2) is 30.3 Å². The van der Waals surface area contributed by atoms with Crippen molar-refractivity contribution in [2.75, 3.05) is 13.2 Å². The molecule has 1 heterocycles. The number of aliphatic hydroxyl groups excluding tert-OH is 1. The van der Waals surface area contributed by atoms with Crippen LogP contribution in [0.25, 0.3) is 0 Å². The summed E-state index contributed by atoms with van der Waals surface area (Å²) in [5.74, 6) is -3.03. The molecule has 98 valence electrons. The molecule has 0 aliphatic carbocycles. The lowest BCUT2D eigenvalue weighted by atomic mass is 10.00. The van der Waals surface area contributed by atoms with Gasteiger partial charge in [0.05, 0.1) is 13.2 Å². The van der Waals surface area contributed by atoms with Crippen LogP contribution in [-0.4, -0.2) is 41.2 Å². The molecule has 1 aromatic rings. The maximum Gasteiger partial charge on any atom is 0.410 e. The van der Waals surface area contributed by atoms with E-state index in [9.17, 15) is 13.6 Å². The van der Waals surface area contributed by atoms with Gasteiger partial charge in [0, 0.05) is 0 Å². The zero-order valence-corrected chi connectivity index (χ0v) is 9.55. The molecular formula is C12H13F2NO3. The van der Waals surface area contributed by atoms with Crippen LogP contribution in [0.1, 0.15) is 5.56 Å². The van der Waals surface area contributed by atoms with Crippen molar-refractivity contribution in [3.05, 3.63) is 35.9 Å². The van der Waals surface area contributed by atoms with E-state index < -0.39 is 31.2 Å². The van der Waals surface area contributed by atoms with E-state index in [0.717, 1.165) is 10.5 Å². The third kappa shape index (κ3) is 2.43. The molecule has 0 bridgehead atoms. The summed E-state index contributed by atoms with van der Waals surface area (Å²) in [5.41, 5.74) is 0.777. The number of alkyl halides is 2. The van der Waals surface area contributed by atoms with Crippen LogP contribution in [0.5, 0.6) is 0 Å². The maximum atomic E-state index is 13.0. The number of ether oxygens (including phenoxy) is 1. The van der Waals surface area contributed by atoms with E-state index in [0.29, 0.717) is 0 Å². The number of likely N-dealkylation sites (tertiary alicyclic amines) is 1. The van der Waals surface area contributed by atoms with Gasteiger partial charge in [0.15, 0.2) is 0 Å². The number of hydrogen-bond donors (Lipinski definition) is 1. The highest BCUT2D eigenvalue weighted by Gasteiger charge is 2.57. The SMILES string of the molecule is O=C(OCc1ccccc1)N1CC(F)(F)C1CO. The van der Waals surface area contributed by atoms with Crippen molar-refractivity contribution in [2.24, 2.45) is 0 Å². The molecule has 0 saturated carbocycles. The summed E-state index contributed by atoms with van der Waals surface area (Å²) in [5, 5.41) is 8.80. The molecule has 1 saturated heterocycles. The van der Waals surface area contributed by atoms with E-state index in [1.807, 2.05) is 6.07 Å². The van der Waals surface area contributed by atoms with Crippen molar-refractivity contribution in [2.45, 2.75) is 18.6 Å². The van der Waals surface area contributed by atoms with Crippen molar-refractivity contribution >= 4 is 6.09 Å². The molecular weight excluding hydrogens is 244 g/mol. The molecule has 0 spiro atoms. The minimum atomic E-state index is -3.03. The highest BCUT2D eigenvalue weighted by molar-refractivity contribution is 5.69. The van der Waals surface area contributed by atoms with Crippen molar-refractivity contribution < 1.29 is 23.4 Å². The van der Waals surface area contributed by atoms with Gasteiger partial charge in [-0.2, -0.15) is 0 Å². The Morgan fingerprint density at radius 2 is 2.11 bits per heavy atom. The Kier molecular flexibility index (Phi) is 3.47. The van der Waals surface area contributed by atoms with Crippen LogP contribution in [0.3, 0.4) is 0 Å². The maximum absolute atomic E-state index is 13.0. The Balaban J connectivity index is 1.86. The zero-order valence-electron chi connectivity index (χ0n) is 9.55. The predicted octanol–water partition coefficient (Wildman–Crippen LogP) is 1.64. The van der Waals surface area contributed by atoms with E-state index in [4.69, 9.17) is 9.84 Å². The lowest BCUT2D eigenvalue weighted by Gasteiger charge is -2.45. The normalized spacial score (nSPS) is 21.3. The Bertz CT molecular complexity index is 425. The van der Waals surface area contributed by atoms with E-state index in [1.165, 1.54) is 0 Å². The smallest absolute Gasteiger partial charge is 0.410 e. The number of benzene rings is 1. The summed E-state index contributed by atoms with van der Waals surface area (Å²) >= 11 is 0. The van der Waals surface area contributed by atoms with E-state index in [1.54, 1.807) is 24.3 Å². The van der Waals surface area contributed by atoms with Crippen LogP contribution in [0.4, 0.5) is 13.6 Å². The highest BCUT2D eigenvalue weighted by atomic mass is 19.3. The molecule has 1 atom stereocenters. The van der Waals surface area contributed by atoms with Crippen molar-refractivity contribution in [1.29, 1.82) is 0 Å². The minimum absolute atomic E-state index is 0.0277. The van der Waals surface area contributed by atoms with Gasteiger partial charge in [0.1, 0.15) is 12.6 Å². The zero-order chi connectivity index (χ0) is 13.2. The van der Waals surface area contributed by atoms with Crippen LogP contribution < -0.4 is 0 Å². The lowest BCUT2D eigenvalue weighted by Crippen LogP contribution is -2.68. The number of aliphatic hydroxyl groups is 1. The summed E-state index contributed by atoms with van der Waals surface area (Å²) in [6.07, 6.45) is -0.830. The molecule has 1 amide bonds. The third-order valence-corrected chi connectivity index (χ3v) is 2.86. The first-order valence-corrected chi connectivity index (χ1v) is 5.50. The second-order valence-corrected chi connectivity index (χ2v) is 4.13. The van der Waals surface area contributed by atoms with Crippen LogP contribution in [0, 0.1) is 0 Å². The Labute approximate surface area is 103 Å². The Morgan fingerprint density at radius 3 is 2.67 bits per heavy atom. The molecule has 1 fully saturated rings. The first-order chi connectivity index (χ1) is 8.54. The number of halogens is 2. The highest BCUT2D eigenvalue weighted by Crippen LogP contribution is 2.34. The van der Waals surface area contributed by atoms with Crippen LogP contribution >= 0.6 is 0 Å². The second-order valence-electron chi connectivity index (χ2n) is 4.13. The Morgan fingerprint density at radius 1 is 1.44 bits per heavy atom. The van der Waals surface area contributed by atoms with Crippen molar-refractivity contribution in [3.8, 4) is 0 Å². The standard InChI is InChI=1S/C12H13F2NO3/c13-12(14)8-15(10(12)6-16)11(17)18-7-9-4-2-1-3-5-9/h1-5,10,16H,6-8H2. The van der Waals surface area contributed by atoms with Gasteiger partial charge in [-0.15, -0.1) is 0 Å². The van der Waals surface area contributed by atoms with Gasteiger partial charge in [0.2, 0.25) is 0 Å². The third-order valence-electron chi connectivity index (χ3n) is 2.86. The van der Waals surface area contributed by atoms with Gasteiger partial charge in [-0.3, -0.25) is 4.90 Å². The summed E-state index contributed by atoms with van der Waals surface area (Å²) in [6, 6.07) is 7.46. The van der Waals surface area contributed by atoms with E-state index in [2.05, 4.69) is 0 Å². The minimum Gasteiger partial charge on any atom is -0.445 e. The average Bonchev–Trinajstić information content (AvgIpc) is 2.35. The van der Waals surface area contributed by atoms with Gasteiger partial charge < -0.3 is 9.84 Å². The van der Waals surface area contributed by atoms with Crippen LogP contribution in [0.2, 0.25) is 0 Å². The molecule has 4 nitrogen and oxygen atoms in total. The summed E-state index contributed by atoms with van der Waals surface area (Å²) in [6.45, 7) is -1.45.